The van der Waals surface area contributed by atoms with Crippen LogP contribution < -0.4 is 5.73 Å². The number of nitrogens with two attached hydrogens (primary N) is 1. The molecule has 1 rings (SSSR count). The van der Waals surface area contributed by atoms with Gasteiger partial charge in [-0.2, -0.15) is 13.2 Å². The SMILES string of the molecule is Nc1cc(Br)cc(CC(=O)CCC(F)(F)F)c1. The Labute approximate surface area is 105 Å². The molecule has 0 saturated heterocycles. The lowest BCUT2D eigenvalue weighted by Gasteiger charge is -2.06. The zero-order chi connectivity index (χ0) is 13.1. The van der Waals surface area contributed by atoms with E-state index in [1.165, 1.54) is 0 Å². The molecule has 2 nitrogen and oxygen atoms in total. The normalized spacial score (nSPS) is 11.5. The van der Waals surface area contributed by atoms with E-state index in [1.54, 1.807) is 18.2 Å². The first-order valence-corrected chi connectivity index (χ1v) is 5.69. The zero-order valence-corrected chi connectivity index (χ0v) is 10.4. The monoisotopic (exact) mass is 309 g/mol. The number of rotatable bonds is 4. The molecular weight excluding hydrogens is 299 g/mol. The smallest absolute Gasteiger partial charge is 0.389 e. The molecule has 2 N–H and O–H groups in total. The third kappa shape index (κ3) is 5.72. The second-order valence-electron chi connectivity index (χ2n) is 3.72. The Morgan fingerprint density at radius 3 is 2.47 bits per heavy atom. The highest BCUT2D eigenvalue weighted by Crippen LogP contribution is 2.23. The van der Waals surface area contributed by atoms with Crippen molar-refractivity contribution < 1.29 is 18.0 Å². The van der Waals surface area contributed by atoms with Crippen LogP contribution in [0.25, 0.3) is 0 Å². The number of benzene rings is 1. The van der Waals surface area contributed by atoms with Gasteiger partial charge in [-0.15, -0.1) is 0 Å². The average molecular weight is 310 g/mol. The van der Waals surface area contributed by atoms with Crippen molar-refractivity contribution >= 4 is 27.4 Å². The Kier molecular flexibility index (Phi) is 4.56. The molecule has 6 heteroatoms. The summed E-state index contributed by atoms with van der Waals surface area (Å²) in [5.41, 5.74) is 6.64. The lowest BCUT2D eigenvalue weighted by molar-refractivity contribution is -0.143. The van der Waals surface area contributed by atoms with E-state index in [0.717, 1.165) is 0 Å². The van der Waals surface area contributed by atoms with Crippen molar-refractivity contribution in [2.45, 2.75) is 25.4 Å². The molecule has 0 aliphatic carbocycles. The number of anilines is 1. The minimum atomic E-state index is -4.29. The summed E-state index contributed by atoms with van der Waals surface area (Å²) in [6, 6.07) is 4.90. The van der Waals surface area contributed by atoms with Crippen molar-refractivity contribution in [2.24, 2.45) is 0 Å². The fourth-order valence-electron chi connectivity index (χ4n) is 1.37. The molecule has 1 aromatic rings. The highest BCUT2D eigenvalue weighted by Gasteiger charge is 2.27. The number of halogens is 4. The fraction of sp³-hybridized carbons (Fsp3) is 0.364. The van der Waals surface area contributed by atoms with Crippen molar-refractivity contribution in [2.75, 3.05) is 5.73 Å². The highest BCUT2D eigenvalue weighted by atomic mass is 79.9. The van der Waals surface area contributed by atoms with Crippen LogP contribution in [0.3, 0.4) is 0 Å². The number of hydrogen-bond acceptors (Lipinski definition) is 2. The van der Waals surface area contributed by atoms with E-state index in [1.807, 2.05) is 0 Å². The number of ketones is 1. The summed E-state index contributed by atoms with van der Waals surface area (Å²) in [5.74, 6) is -0.445. The fourth-order valence-corrected chi connectivity index (χ4v) is 1.93. The van der Waals surface area contributed by atoms with Gasteiger partial charge in [-0.3, -0.25) is 4.79 Å². The quantitative estimate of drug-likeness (QED) is 0.865. The minimum Gasteiger partial charge on any atom is -0.399 e. The molecule has 94 valence electrons. The molecule has 0 heterocycles. The lowest BCUT2D eigenvalue weighted by atomic mass is 10.1. The largest absolute Gasteiger partial charge is 0.399 e. The number of carbonyl (C=O) groups excluding carboxylic acids is 1. The molecule has 17 heavy (non-hydrogen) atoms. The summed E-state index contributed by atoms with van der Waals surface area (Å²) in [5, 5.41) is 0. The van der Waals surface area contributed by atoms with E-state index >= 15 is 0 Å². The van der Waals surface area contributed by atoms with Gasteiger partial charge in [0.1, 0.15) is 5.78 Å². The maximum Gasteiger partial charge on any atom is 0.389 e. The number of alkyl halides is 3. The first-order valence-electron chi connectivity index (χ1n) is 4.89. The summed E-state index contributed by atoms with van der Waals surface area (Å²) < 4.78 is 36.4. The summed E-state index contributed by atoms with van der Waals surface area (Å²) in [6.07, 6.45) is -5.88. The topological polar surface area (TPSA) is 43.1 Å². The maximum atomic E-state index is 11.9. The van der Waals surface area contributed by atoms with Gasteiger partial charge in [-0.1, -0.05) is 15.9 Å². The van der Waals surface area contributed by atoms with Gasteiger partial charge in [-0.05, 0) is 23.8 Å². The van der Waals surface area contributed by atoms with Crippen LogP contribution in [0.2, 0.25) is 0 Å². The Morgan fingerprint density at radius 2 is 1.94 bits per heavy atom. The van der Waals surface area contributed by atoms with Crippen LogP contribution >= 0.6 is 15.9 Å². The summed E-state index contributed by atoms with van der Waals surface area (Å²) in [6.45, 7) is 0. The van der Waals surface area contributed by atoms with E-state index in [2.05, 4.69) is 15.9 Å². The molecular formula is C11H11BrF3NO. The van der Waals surface area contributed by atoms with Crippen LogP contribution in [-0.2, 0) is 11.2 Å². The average Bonchev–Trinajstić information content (AvgIpc) is 2.11. The van der Waals surface area contributed by atoms with Gasteiger partial charge < -0.3 is 5.73 Å². The van der Waals surface area contributed by atoms with Gasteiger partial charge in [0, 0.05) is 23.0 Å². The molecule has 0 fully saturated rings. The summed E-state index contributed by atoms with van der Waals surface area (Å²) >= 11 is 3.20. The first-order chi connectivity index (χ1) is 7.76. The van der Waals surface area contributed by atoms with Crippen LogP contribution in [0.4, 0.5) is 18.9 Å². The molecule has 0 amide bonds. The predicted molar refractivity (Wildman–Crippen MR) is 62.6 cm³/mol. The molecule has 0 saturated carbocycles. The lowest BCUT2D eigenvalue weighted by Crippen LogP contribution is -2.12. The Balaban J connectivity index is 2.56. The zero-order valence-electron chi connectivity index (χ0n) is 8.85. The minimum absolute atomic E-state index is 0.0281. The molecule has 0 spiro atoms. The number of hydrogen-bond donors (Lipinski definition) is 1. The van der Waals surface area contributed by atoms with E-state index in [9.17, 15) is 18.0 Å². The Hall–Kier alpha value is -1.04. The van der Waals surface area contributed by atoms with Crippen LogP contribution in [0.5, 0.6) is 0 Å². The highest BCUT2D eigenvalue weighted by molar-refractivity contribution is 9.10. The van der Waals surface area contributed by atoms with Crippen LogP contribution in [0.15, 0.2) is 22.7 Å². The number of carbonyl (C=O) groups is 1. The Bertz CT molecular complexity index is 397. The molecule has 0 aromatic heterocycles. The summed E-state index contributed by atoms with van der Waals surface area (Å²) in [4.78, 5) is 11.3. The number of nitrogen functional groups attached to an aromatic ring is 1. The van der Waals surface area contributed by atoms with E-state index in [-0.39, 0.29) is 6.42 Å². The van der Waals surface area contributed by atoms with Crippen molar-refractivity contribution in [1.29, 1.82) is 0 Å². The summed E-state index contributed by atoms with van der Waals surface area (Å²) in [7, 11) is 0. The standard InChI is InChI=1S/C11H11BrF3NO/c12-8-3-7(4-9(16)6-8)5-10(17)1-2-11(13,14)15/h3-4,6H,1-2,5,16H2. The molecule has 0 radical (unpaired) electrons. The van der Waals surface area contributed by atoms with Crippen molar-refractivity contribution in [1.82, 2.24) is 0 Å². The van der Waals surface area contributed by atoms with Crippen molar-refractivity contribution in [3.05, 3.63) is 28.2 Å². The molecule has 0 atom stereocenters. The van der Waals surface area contributed by atoms with E-state index in [4.69, 9.17) is 5.73 Å². The van der Waals surface area contributed by atoms with E-state index < -0.39 is 24.8 Å². The van der Waals surface area contributed by atoms with Gasteiger partial charge in [0.25, 0.3) is 0 Å². The molecule has 0 unspecified atom stereocenters. The Morgan fingerprint density at radius 1 is 1.29 bits per heavy atom. The second kappa shape index (κ2) is 5.53. The van der Waals surface area contributed by atoms with E-state index in [0.29, 0.717) is 15.7 Å². The van der Waals surface area contributed by atoms with Gasteiger partial charge in [0.2, 0.25) is 0 Å². The molecule has 0 aliphatic heterocycles. The van der Waals surface area contributed by atoms with Gasteiger partial charge in [0.05, 0.1) is 6.42 Å². The predicted octanol–water partition coefficient (Wildman–Crippen LogP) is 3.49. The van der Waals surface area contributed by atoms with Crippen LogP contribution in [0, 0.1) is 0 Å². The third-order valence-corrected chi connectivity index (χ3v) is 2.53. The van der Waals surface area contributed by atoms with Gasteiger partial charge in [0.15, 0.2) is 0 Å². The number of Topliss-reactive ketones (excluding diaryl/α,β-unsaturated/α-hetero) is 1. The van der Waals surface area contributed by atoms with Crippen molar-refractivity contribution in [3.8, 4) is 0 Å². The van der Waals surface area contributed by atoms with Crippen molar-refractivity contribution in [3.63, 3.8) is 0 Å². The third-order valence-electron chi connectivity index (χ3n) is 2.07. The van der Waals surface area contributed by atoms with Gasteiger partial charge >= 0.3 is 6.18 Å². The first kappa shape index (κ1) is 14.0. The van der Waals surface area contributed by atoms with Crippen LogP contribution in [-0.4, -0.2) is 12.0 Å². The van der Waals surface area contributed by atoms with Gasteiger partial charge in [-0.25, -0.2) is 0 Å². The molecule has 0 aliphatic rings. The molecule has 1 aromatic carbocycles. The second-order valence-corrected chi connectivity index (χ2v) is 4.64. The van der Waals surface area contributed by atoms with Crippen LogP contribution in [0.1, 0.15) is 18.4 Å². The maximum absolute atomic E-state index is 11.9. The molecule has 0 bridgehead atoms.